The monoisotopic (exact) mass is 191 g/mol. The van der Waals surface area contributed by atoms with Crippen molar-refractivity contribution in [2.75, 3.05) is 26.8 Å². The van der Waals surface area contributed by atoms with Gasteiger partial charge < -0.3 is 21.1 Å². The number of amides is 1. The third kappa shape index (κ3) is 7.23. The van der Waals surface area contributed by atoms with E-state index in [0.717, 1.165) is 0 Å². The fraction of sp³-hybridized carbons (Fsp3) is 0.667. The van der Waals surface area contributed by atoms with Gasteiger partial charge in [-0.2, -0.15) is 0 Å². The number of nitrogens with one attached hydrogen (secondary N) is 2. The maximum Gasteiger partial charge on any atom is 0.236 e. The van der Waals surface area contributed by atoms with Crippen molar-refractivity contribution in [1.82, 2.24) is 10.6 Å². The Balaban J connectivity index is 3.28. The van der Waals surface area contributed by atoms with Crippen LogP contribution in [-0.2, 0) is 9.53 Å². The van der Waals surface area contributed by atoms with E-state index in [1.165, 1.54) is 0 Å². The van der Waals surface area contributed by atoms with Gasteiger partial charge in [-0.05, 0) is 12.2 Å². The Bertz CT molecular complexity index is 163. The first-order valence-corrected chi connectivity index (χ1v) is 3.86. The van der Waals surface area contributed by atoms with E-state index < -0.39 is 5.91 Å². The number of ether oxygens (including phenoxy) is 1. The van der Waals surface area contributed by atoms with Crippen molar-refractivity contribution >= 4 is 23.2 Å². The number of carbonyl (C=O) groups excluding carboxylic acids is 1. The summed E-state index contributed by atoms with van der Waals surface area (Å²) in [6, 6.07) is 0. The molecular formula is C6H13N3O2S. The summed E-state index contributed by atoms with van der Waals surface area (Å²) in [7, 11) is 1.60. The molecule has 0 saturated carbocycles. The average Bonchev–Trinajstić information content (AvgIpc) is 2.01. The van der Waals surface area contributed by atoms with Crippen molar-refractivity contribution in [3.8, 4) is 0 Å². The molecule has 0 aliphatic heterocycles. The smallest absolute Gasteiger partial charge is 0.236 e. The van der Waals surface area contributed by atoms with Crippen LogP contribution in [-0.4, -0.2) is 37.8 Å². The minimum atomic E-state index is -0.439. The van der Waals surface area contributed by atoms with Crippen molar-refractivity contribution in [3.63, 3.8) is 0 Å². The number of thiocarbonyl (C=S) groups is 1. The molecular weight excluding hydrogens is 178 g/mol. The van der Waals surface area contributed by atoms with Gasteiger partial charge >= 0.3 is 0 Å². The fourth-order valence-electron chi connectivity index (χ4n) is 0.497. The van der Waals surface area contributed by atoms with Crippen molar-refractivity contribution in [3.05, 3.63) is 0 Å². The van der Waals surface area contributed by atoms with Crippen LogP contribution in [0.1, 0.15) is 0 Å². The molecule has 4 N–H and O–H groups in total. The minimum absolute atomic E-state index is 0.0544. The van der Waals surface area contributed by atoms with Crippen LogP contribution in [0.5, 0.6) is 0 Å². The topological polar surface area (TPSA) is 76.4 Å². The molecule has 0 fully saturated rings. The molecule has 5 nitrogen and oxygen atoms in total. The molecule has 0 atom stereocenters. The number of nitrogens with two attached hydrogens (primary N) is 1. The van der Waals surface area contributed by atoms with Crippen molar-refractivity contribution in [2.45, 2.75) is 0 Å². The van der Waals surface area contributed by atoms with E-state index in [1.807, 2.05) is 0 Å². The van der Waals surface area contributed by atoms with E-state index in [9.17, 15) is 4.79 Å². The summed E-state index contributed by atoms with van der Waals surface area (Å²) in [6.45, 7) is 1.23. The molecule has 0 heterocycles. The summed E-state index contributed by atoms with van der Waals surface area (Å²) >= 11 is 4.80. The molecule has 0 aromatic rings. The number of hydrogen-bond donors (Lipinski definition) is 3. The first-order valence-electron chi connectivity index (χ1n) is 3.45. The standard InChI is InChI=1S/C6H13N3O2S/c1-11-3-2-8-6(12)9-4-5(7)10/h2-4H2,1H3,(H2,7,10)(H2,8,9,12). The molecule has 70 valence electrons. The Hall–Kier alpha value is -0.880. The molecule has 0 bridgehead atoms. The Morgan fingerprint density at radius 2 is 2.25 bits per heavy atom. The van der Waals surface area contributed by atoms with Crippen molar-refractivity contribution < 1.29 is 9.53 Å². The number of hydrogen-bond acceptors (Lipinski definition) is 3. The van der Waals surface area contributed by atoms with E-state index in [0.29, 0.717) is 18.3 Å². The predicted octanol–water partition coefficient (Wildman–Crippen LogP) is -1.42. The molecule has 12 heavy (non-hydrogen) atoms. The Morgan fingerprint density at radius 1 is 1.58 bits per heavy atom. The Labute approximate surface area is 76.6 Å². The first kappa shape index (κ1) is 11.1. The van der Waals surface area contributed by atoms with Gasteiger partial charge in [0.05, 0.1) is 13.2 Å². The summed E-state index contributed by atoms with van der Waals surface area (Å²) in [6.07, 6.45) is 0. The molecule has 0 aliphatic rings. The summed E-state index contributed by atoms with van der Waals surface area (Å²) in [4.78, 5) is 10.3. The van der Waals surface area contributed by atoms with Crippen LogP contribution in [0.4, 0.5) is 0 Å². The molecule has 0 saturated heterocycles. The van der Waals surface area contributed by atoms with Gasteiger partial charge in [-0.1, -0.05) is 0 Å². The zero-order valence-electron chi connectivity index (χ0n) is 6.92. The van der Waals surface area contributed by atoms with E-state index in [4.69, 9.17) is 22.7 Å². The van der Waals surface area contributed by atoms with Gasteiger partial charge in [-0.25, -0.2) is 0 Å². The molecule has 0 spiro atoms. The molecule has 0 rings (SSSR count). The quantitative estimate of drug-likeness (QED) is 0.367. The molecule has 0 aliphatic carbocycles. The SMILES string of the molecule is COCCNC(=S)NCC(N)=O. The van der Waals surface area contributed by atoms with Crippen LogP contribution in [0.3, 0.4) is 0 Å². The lowest BCUT2D eigenvalue weighted by Gasteiger charge is -2.07. The highest BCUT2D eigenvalue weighted by atomic mass is 32.1. The summed E-state index contributed by atoms with van der Waals surface area (Å²) in [5, 5.41) is 5.87. The zero-order valence-corrected chi connectivity index (χ0v) is 7.74. The lowest BCUT2D eigenvalue weighted by molar-refractivity contribution is -0.116. The highest BCUT2D eigenvalue weighted by Crippen LogP contribution is 1.68. The Morgan fingerprint density at radius 3 is 2.75 bits per heavy atom. The van der Waals surface area contributed by atoms with E-state index >= 15 is 0 Å². The van der Waals surface area contributed by atoms with Gasteiger partial charge in [0.2, 0.25) is 5.91 Å². The van der Waals surface area contributed by atoms with E-state index in [1.54, 1.807) is 7.11 Å². The largest absolute Gasteiger partial charge is 0.383 e. The number of methoxy groups -OCH3 is 1. The zero-order chi connectivity index (χ0) is 9.40. The maximum absolute atomic E-state index is 10.3. The summed E-state index contributed by atoms with van der Waals surface area (Å²) in [5.41, 5.74) is 4.88. The van der Waals surface area contributed by atoms with Gasteiger partial charge in [0.15, 0.2) is 5.11 Å². The molecule has 6 heteroatoms. The Kier molecular flexibility index (Phi) is 6.31. The van der Waals surface area contributed by atoms with Crippen LogP contribution >= 0.6 is 12.2 Å². The molecule has 1 amide bonds. The lowest BCUT2D eigenvalue weighted by Crippen LogP contribution is -2.41. The van der Waals surface area contributed by atoms with Crippen LogP contribution in [0.15, 0.2) is 0 Å². The van der Waals surface area contributed by atoms with Gasteiger partial charge in [0.1, 0.15) is 0 Å². The summed E-state index contributed by atoms with van der Waals surface area (Å²) in [5.74, 6) is -0.439. The normalized spacial score (nSPS) is 9.08. The van der Waals surface area contributed by atoms with Gasteiger partial charge in [-0.15, -0.1) is 0 Å². The highest BCUT2D eigenvalue weighted by molar-refractivity contribution is 7.80. The second-order valence-electron chi connectivity index (χ2n) is 2.07. The lowest BCUT2D eigenvalue weighted by atomic mass is 10.6. The third-order valence-corrected chi connectivity index (χ3v) is 1.30. The van der Waals surface area contributed by atoms with Crippen LogP contribution in [0.25, 0.3) is 0 Å². The number of primary amides is 1. The van der Waals surface area contributed by atoms with Gasteiger partial charge in [0.25, 0.3) is 0 Å². The first-order chi connectivity index (χ1) is 5.66. The second kappa shape index (κ2) is 6.81. The predicted molar refractivity (Wildman–Crippen MR) is 49.7 cm³/mol. The van der Waals surface area contributed by atoms with Crippen LogP contribution in [0.2, 0.25) is 0 Å². The third-order valence-electron chi connectivity index (χ3n) is 1.01. The molecule has 0 aromatic heterocycles. The van der Waals surface area contributed by atoms with Crippen LogP contribution in [0, 0.1) is 0 Å². The fourth-order valence-corrected chi connectivity index (χ4v) is 0.671. The number of carbonyl (C=O) groups is 1. The average molecular weight is 191 g/mol. The van der Waals surface area contributed by atoms with Crippen LogP contribution < -0.4 is 16.4 Å². The second-order valence-corrected chi connectivity index (χ2v) is 2.48. The minimum Gasteiger partial charge on any atom is -0.383 e. The number of rotatable bonds is 5. The highest BCUT2D eigenvalue weighted by Gasteiger charge is 1.95. The summed E-state index contributed by atoms with van der Waals surface area (Å²) < 4.78 is 4.78. The van der Waals surface area contributed by atoms with Gasteiger partial charge in [0, 0.05) is 13.7 Å². The van der Waals surface area contributed by atoms with Crippen molar-refractivity contribution in [1.29, 1.82) is 0 Å². The van der Waals surface area contributed by atoms with E-state index in [2.05, 4.69) is 10.6 Å². The molecule has 0 aromatic carbocycles. The maximum atomic E-state index is 10.3. The van der Waals surface area contributed by atoms with E-state index in [-0.39, 0.29) is 6.54 Å². The van der Waals surface area contributed by atoms with Crippen molar-refractivity contribution in [2.24, 2.45) is 5.73 Å². The molecule has 0 unspecified atom stereocenters. The molecule has 0 radical (unpaired) electrons. The van der Waals surface area contributed by atoms with Gasteiger partial charge in [-0.3, -0.25) is 4.79 Å².